The van der Waals surface area contributed by atoms with Crippen LogP contribution in [-0.2, 0) is 0 Å². The van der Waals surface area contributed by atoms with Crippen molar-refractivity contribution >= 4 is 8.41 Å². The van der Waals surface area contributed by atoms with Crippen LogP contribution in [-0.4, -0.2) is 29.8 Å². The first kappa shape index (κ1) is 11.1. The van der Waals surface area contributed by atoms with Gasteiger partial charge >= 0.3 is 0 Å². The predicted molar refractivity (Wildman–Crippen MR) is 56.6 cm³/mol. The highest BCUT2D eigenvalue weighted by atomic mass is 16.4. The van der Waals surface area contributed by atoms with E-state index in [1.807, 2.05) is 0 Å². The summed E-state index contributed by atoms with van der Waals surface area (Å²) >= 11 is 0. The van der Waals surface area contributed by atoms with E-state index >= 15 is 0 Å². The maximum Gasteiger partial charge on any atom is 0.0986 e. The topological polar surface area (TPSA) is 40.5 Å². The van der Waals surface area contributed by atoms with E-state index in [1.54, 1.807) is 6.92 Å². The predicted octanol–water partition coefficient (Wildman–Crippen LogP) is 0.124. The normalized spacial score (nSPS) is 51.9. The van der Waals surface area contributed by atoms with Crippen molar-refractivity contribution in [1.82, 2.24) is 0 Å². The van der Waals surface area contributed by atoms with Crippen molar-refractivity contribution in [2.45, 2.75) is 51.2 Å². The third-order valence-corrected chi connectivity index (χ3v) is 4.50. The molecule has 0 radical (unpaired) electrons. The summed E-state index contributed by atoms with van der Waals surface area (Å²) in [5.74, 6) is 0.614. The van der Waals surface area contributed by atoms with Crippen LogP contribution in [0.4, 0.5) is 0 Å². The Balaban J connectivity index is 0.000000845. The van der Waals surface area contributed by atoms with Gasteiger partial charge in [-0.25, -0.2) is 0 Å². The Bertz CT molecular complexity index is 215. The molecule has 0 heterocycles. The lowest BCUT2D eigenvalue weighted by Gasteiger charge is -2.68. The molecule has 76 valence electrons. The van der Waals surface area contributed by atoms with Crippen LogP contribution in [0.5, 0.6) is 0 Å². The summed E-state index contributed by atoms with van der Waals surface area (Å²) in [4.78, 5) is 0. The maximum absolute atomic E-state index is 10.2. The highest BCUT2D eigenvalue weighted by Gasteiger charge is 2.69. The van der Waals surface area contributed by atoms with Gasteiger partial charge in [0.25, 0.3) is 0 Å². The smallest absolute Gasteiger partial charge is 0.0986 e. The van der Waals surface area contributed by atoms with Crippen LogP contribution in [0.15, 0.2) is 0 Å². The first-order valence-corrected chi connectivity index (χ1v) is 4.76. The first-order valence-electron chi connectivity index (χ1n) is 4.76. The van der Waals surface area contributed by atoms with Crippen molar-refractivity contribution in [3.05, 3.63) is 0 Å². The molecule has 0 aromatic heterocycles. The second kappa shape index (κ2) is 2.51. The fraction of sp³-hybridized carbons (Fsp3) is 1.00. The van der Waals surface area contributed by atoms with Crippen molar-refractivity contribution in [3.63, 3.8) is 0 Å². The molecule has 0 aliphatic heterocycles. The highest BCUT2D eigenvalue weighted by molar-refractivity contribution is 5.75. The van der Waals surface area contributed by atoms with Gasteiger partial charge in [-0.3, -0.25) is 0 Å². The van der Waals surface area contributed by atoms with Crippen LogP contribution in [0.1, 0.15) is 40.0 Å². The average Bonchev–Trinajstić information content (AvgIpc) is 1.94. The van der Waals surface area contributed by atoms with E-state index in [0.29, 0.717) is 5.92 Å². The van der Waals surface area contributed by atoms with Crippen LogP contribution in [0.2, 0.25) is 0 Å². The molecule has 3 unspecified atom stereocenters. The van der Waals surface area contributed by atoms with Gasteiger partial charge in [0, 0.05) is 0 Å². The third-order valence-electron chi connectivity index (χ3n) is 4.50. The van der Waals surface area contributed by atoms with E-state index in [2.05, 4.69) is 13.8 Å². The van der Waals surface area contributed by atoms with Crippen LogP contribution < -0.4 is 0 Å². The van der Waals surface area contributed by atoms with Crippen molar-refractivity contribution in [2.24, 2.45) is 11.3 Å². The summed E-state index contributed by atoms with van der Waals surface area (Å²) in [6.07, 6.45) is 2.59. The molecule has 3 rings (SSSR count). The standard InChI is InChI=1S/C10H18O2.BH3/c1-8(2)7-4-5-9(3,11)10(8,12)6-7;/h7,11-12H,4-6H2,1-3H3;1H3. The monoisotopic (exact) mass is 184 g/mol. The molecule has 0 amide bonds. The fourth-order valence-corrected chi connectivity index (χ4v) is 3.12. The molecular formula is C10H21BO2. The third kappa shape index (κ3) is 0.976. The Morgan fingerprint density at radius 2 is 1.69 bits per heavy atom. The molecule has 2 bridgehead atoms. The van der Waals surface area contributed by atoms with Gasteiger partial charge < -0.3 is 10.2 Å². The fourth-order valence-electron chi connectivity index (χ4n) is 3.12. The Morgan fingerprint density at radius 3 is 2.00 bits per heavy atom. The minimum atomic E-state index is -0.870. The molecule has 3 fully saturated rings. The Hall–Kier alpha value is -0.0151. The SMILES string of the molecule is B.CC1(O)CCC2CC1(O)C2(C)C. The summed E-state index contributed by atoms with van der Waals surface area (Å²) in [5, 5.41) is 20.3. The number of hydrogen-bond acceptors (Lipinski definition) is 2. The minimum Gasteiger partial charge on any atom is -0.387 e. The Morgan fingerprint density at radius 1 is 1.15 bits per heavy atom. The summed E-state index contributed by atoms with van der Waals surface area (Å²) < 4.78 is 0. The number of rotatable bonds is 0. The molecule has 0 aromatic carbocycles. The molecule has 2 nitrogen and oxygen atoms in total. The zero-order chi connectivity index (χ0) is 9.20. The van der Waals surface area contributed by atoms with E-state index in [9.17, 15) is 10.2 Å². The van der Waals surface area contributed by atoms with Crippen LogP contribution in [0.3, 0.4) is 0 Å². The molecule has 3 atom stereocenters. The van der Waals surface area contributed by atoms with Crippen molar-refractivity contribution in [2.75, 3.05) is 0 Å². The Labute approximate surface area is 81.9 Å². The Kier molecular flexibility index (Phi) is 2.14. The van der Waals surface area contributed by atoms with Gasteiger partial charge in [-0.05, 0) is 37.5 Å². The minimum absolute atomic E-state index is 0. The maximum atomic E-state index is 10.2. The summed E-state index contributed by atoms with van der Waals surface area (Å²) in [6.45, 7) is 5.90. The second-order valence-electron chi connectivity index (χ2n) is 5.30. The lowest BCUT2D eigenvalue weighted by atomic mass is 9.41. The van der Waals surface area contributed by atoms with Gasteiger partial charge in [0.05, 0.1) is 19.6 Å². The molecule has 3 heteroatoms. The van der Waals surface area contributed by atoms with E-state index in [1.165, 1.54) is 0 Å². The van der Waals surface area contributed by atoms with E-state index in [-0.39, 0.29) is 13.8 Å². The summed E-state index contributed by atoms with van der Waals surface area (Å²) in [7, 11) is 0. The molecule has 0 aromatic rings. The molecule has 0 spiro atoms. The first-order chi connectivity index (χ1) is 5.31. The van der Waals surface area contributed by atoms with Gasteiger partial charge in [0.1, 0.15) is 0 Å². The van der Waals surface area contributed by atoms with Crippen molar-refractivity contribution < 1.29 is 10.2 Å². The van der Waals surface area contributed by atoms with Gasteiger partial charge in [0.2, 0.25) is 0 Å². The van der Waals surface area contributed by atoms with Crippen LogP contribution in [0, 0.1) is 11.3 Å². The van der Waals surface area contributed by atoms with Gasteiger partial charge in [-0.1, -0.05) is 13.8 Å². The number of aliphatic hydroxyl groups is 2. The molecule has 0 saturated heterocycles. The molecule has 13 heavy (non-hydrogen) atoms. The van der Waals surface area contributed by atoms with Crippen LogP contribution >= 0.6 is 0 Å². The van der Waals surface area contributed by atoms with Crippen molar-refractivity contribution in [3.8, 4) is 0 Å². The zero-order valence-electron chi connectivity index (χ0n) is 8.09. The highest BCUT2D eigenvalue weighted by Crippen LogP contribution is 2.65. The number of hydrogen-bond donors (Lipinski definition) is 2. The lowest BCUT2D eigenvalue weighted by Crippen LogP contribution is -2.74. The van der Waals surface area contributed by atoms with Crippen molar-refractivity contribution in [1.29, 1.82) is 0 Å². The largest absolute Gasteiger partial charge is 0.387 e. The van der Waals surface area contributed by atoms with Gasteiger partial charge in [0.15, 0.2) is 0 Å². The van der Waals surface area contributed by atoms with Crippen LogP contribution in [0.25, 0.3) is 0 Å². The zero-order valence-corrected chi connectivity index (χ0v) is 8.09. The van der Waals surface area contributed by atoms with Gasteiger partial charge in [-0.2, -0.15) is 0 Å². The summed E-state index contributed by atoms with van der Waals surface area (Å²) in [5.41, 5.74) is -1.79. The summed E-state index contributed by atoms with van der Waals surface area (Å²) in [6, 6.07) is 0. The van der Waals surface area contributed by atoms with E-state index in [4.69, 9.17) is 0 Å². The average molecular weight is 184 g/mol. The van der Waals surface area contributed by atoms with E-state index < -0.39 is 11.2 Å². The lowest BCUT2D eigenvalue weighted by molar-refractivity contribution is -0.312. The molecule has 3 saturated carbocycles. The molecule has 3 aliphatic carbocycles. The second-order valence-corrected chi connectivity index (χ2v) is 5.30. The number of fused-ring (bicyclic) bond motifs is 2. The molecule has 2 N–H and O–H groups in total. The molecule has 3 aliphatic rings. The van der Waals surface area contributed by atoms with Gasteiger partial charge in [-0.15, -0.1) is 0 Å². The molecular weight excluding hydrogens is 163 g/mol. The van der Waals surface area contributed by atoms with E-state index in [0.717, 1.165) is 19.3 Å². The quantitative estimate of drug-likeness (QED) is 0.525.